The maximum Gasteiger partial charge on any atom is 0.269 e. The predicted molar refractivity (Wildman–Crippen MR) is 159 cm³/mol. The van der Waals surface area contributed by atoms with Crippen molar-refractivity contribution in [3.63, 3.8) is 0 Å². The van der Waals surface area contributed by atoms with Gasteiger partial charge in [-0.15, -0.1) is 0 Å². The second-order valence-corrected chi connectivity index (χ2v) is 11.0. The van der Waals surface area contributed by atoms with E-state index < -0.39 is 29.4 Å². The van der Waals surface area contributed by atoms with Crippen LogP contribution in [0.2, 0.25) is 0 Å². The van der Waals surface area contributed by atoms with Crippen LogP contribution in [0.25, 0.3) is 11.1 Å². The van der Waals surface area contributed by atoms with E-state index in [-0.39, 0.29) is 22.7 Å². The van der Waals surface area contributed by atoms with Crippen LogP contribution in [0, 0.1) is 40.5 Å². The monoisotopic (exact) mass is 600 g/mol. The zero-order chi connectivity index (χ0) is 31.1. The second-order valence-electron chi connectivity index (χ2n) is 9.54. The van der Waals surface area contributed by atoms with Crippen molar-refractivity contribution in [3.8, 4) is 0 Å². The molecular formula is C28H20N6O8S. The number of hydrogen-bond donors (Lipinski definition) is 2. The van der Waals surface area contributed by atoms with Gasteiger partial charge in [-0.25, -0.2) is 0 Å². The predicted octanol–water partition coefficient (Wildman–Crippen LogP) is 5.60. The van der Waals surface area contributed by atoms with Crippen molar-refractivity contribution in [3.05, 3.63) is 160 Å². The lowest BCUT2D eigenvalue weighted by molar-refractivity contribution is -0.385. The molecule has 0 spiro atoms. The highest BCUT2D eigenvalue weighted by Gasteiger charge is 2.54. The first-order valence-corrected chi connectivity index (χ1v) is 13.2. The van der Waals surface area contributed by atoms with Gasteiger partial charge in [-0.3, -0.25) is 40.5 Å². The lowest BCUT2D eigenvalue weighted by atomic mass is 9.82. The largest absolute Gasteiger partial charge is 0.309 e. The number of nitro benzene ring substituents is 4. The van der Waals surface area contributed by atoms with E-state index in [0.29, 0.717) is 33.4 Å². The molecule has 216 valence electrons. The van der Waals surface area contributed by atoms with Crippen LogP contribution in [0.3, 0.4) is 0 Å². The number of nitrogens with zero attached hydrogens (tertiary/aromatic N) is 4. The zero-order valence-electron chi connectivity index (χ0n) is 21.9. The van der Waals surface area contributed by atoms with Crippen LogP contribution in [-0.4, -0.2) is 19.7 Å². The molecule has 0 saturated heterocycles. The highest BCUT2D eigenvalue weighted by atomic mass is 32.2. The molecule has 0 bridgehead atoms. The number of rotatable bonds is 8. The molecule has 0 aliphatic carbocycles. The van der Waals surface area contributed by atoms with Gasteiger partial charge in [0.05, 0.1) is 19.7 Å². The molecule has 1 heterocycles. The third kappa shape index (κ3) is 5.07. The number of nitrogens with two attached hydrogens (primary N) is 2. The Morgan fingerprint density at radius 2 is 0.674 bits per heavy atom. The van der Waals surface area contributed by atoms with Crippen molar-refractivity contribution in [2.45, 2.75) is 9.74 Å². The maximum absolute atomic E-state index is 11.4. The number of benzene rings is 4. The minimum atomic E-state index is -1.53. The average molecular weight is 601 g/mol. The molecule has 43 heavy (non-hydrogen) atoms. The second kappa shape index (κ2) is 10.7. The average Bonchev–Trinajstić information content (AvgIpc) is 3.25. The number of thioether (sulfide) groups is 1. The van der Waals surface area contributed by atoms with E-state index in [0.717, 1.165) is 11.8 Å². The third-order valence-electron chi connectivity index (χ3n) is 7.06. The Kier molecular flexibility index (Phi) is 7.23. The molecule has 4 aromatic carbocycles. The molecule has 2 atom stereocenters. The summed E-state index contributed by atoms with van der Waals surface area (Å²) in [6.07, 6.45) is 0. The summed E-state index contributed by atoms with van der Waals surface area (Å²) in [4.78, 5) is 40.2. The summed E-state index contributed by atoms with van der Waals surface area (Å²) in [6.45, 7) is 0. The topological polar surface area (TPSA) is 225 Å². The van der Waals surface area contributed by atoms with Crippen LogP contribution in [-0.2, 0) is 9.74 Å². The first-order valence-electron chi connectivity index (χ1n) is 12.4. The summed E-state index contributed by atoms with van der Waals surface area (Å²) < 4.78 is 0. The lowest BCUT2D eigenvalue weighted by Crippen LogP contribution is -2.37. The lowest BCUT2D eigenvalue weighted by Gasteiger charge is -2.32. The molecule has 1 aliphatic heterocycles. The minimum Gasteiger partial charge on any atom is -0.309 e. The molecule has 0 amide bonds. The van der Waals surface area contributed by atoms with Crippen molar-refractivity contribution in [2.24, 2.45) is 11.5 Å². The molecule has 0 fully saturated rings. The molecule has 0 aromatic heterocycles. The number of non-ortho nitro benzene ring substituents is 4. The van der Waals surface area contributed by atoms with Gasteiger partial charge < -0.3 is 11.5 Å². The van der Waals surface area contributed by atoms with E-state index in [2.05, 4.69) is 0 Å². The van der Waals surface area contributed by atoms with E-state index in [1.165, 1.54) is 97.1 Å². The van der Waals surface area contributed by atoms with Crippen LogP contribution in [0.5, 0.6) is 0 Å². The van der Waals surface area contributed by atoms with Gasteiger partial charge in [0.15, 0.2) is 0 Å². The molecule has 4 N–H and O–H groups in total. The first-order chi connectivity index (χ1) is 20.3. The third-order valence-corrected chi connectivity index (χ3v) is 8.59. The molecule has 14 nitrogen and oxygen atoms in total. The zero-order valence-corrected chi connectivity index (χ0v) is 22.7. The maximum atomic E-state index is 11.4. The Morgan fingerprint density at radius 1 is 0.442 bits per heavy atom. The van der Waals surface area contributed by atoms with E-state index >= 15 is 0 Å². The summed E-state index contributed by atoms with van der Waals surface area (Å²) in [5, 5.41) is 45.5. The fraction of sp³-hybridized carbons (Fsp3) is 0.0714. The van der Waals surface area contributed by atoms with Crippen molar-refractivity contribution >= 4 is 45.7 Å². The quantitative estimate of drug-likeness (QED) is 0.187. The summed E-state index contributed by atoms with van der Waals surface area (Å²) in [7, 11) is 0. The normalized spacial score (nSPS) is 19.7. The van der Waals surface area contributed by atoms with E-state index in [9.17, 15) is 40.5 Å². The van der Waals surface area contributed by atoms with Crippen molar-refractivity contribution in [1.82, 2.24) is 0 Å². The van der Waals surface area contributed by atoms with Crippen LogP contribution >= 0.6 is 11.8 Å². The standard InChI is InChI=1S/C28H20N6O8S/c29-27(19-5-13-23(14-6-19)33(39)40)25(17-1-9-21(10-2-17)31(35)36)26(18-3-11-22(12-4-18)32(37)38)28(30,43-27)20-7-15-24(16-8-20)34(41)42/h1-16H,29-30H2. The summed E-state index contributed by atoms with van der Waals surface area (Å²) >= 11 is 1.05. The van der Waals surface area contributed by atoms with Gasteiger partial charge in [0.2, 0.25) is 0 Å². The molecule has 0 radical (unpaired) electrons. The Labute approximate surface area is 246 Å². The van der Waals surface area contributed by atoms with Crippen LogP contribution in [0.4, 0.5) is 22.7 Å². The molecule has 5 rings (SSSR count). The van der Waals surface area contributed by atoms with Crippen molar-refractivity contribution < 1.29 is 19.7 Å². The Morgan fingerprint density at radius 3 is 0.907 bits per heavy atom. The van der Waals surface area contributed by atoms with E-state index in [4.69, 9.17) is 11.5 Å². The molecule has 1 aliphatic rings. The van der Waals surface area contributed by atoms with Crippen molar-refractivity contribution in [2.75, 3.05) is 0 Å². The fourth-order valence-electron chi connectivity index (χ4n) is 5.01. The first kappa shape index (κ1) is 29.0. The number of nitro groups is 4. The molecule has 4 aromatic rings. The summed E-state index contributed by atoms with van der Waals surface area (Å²) in [5.74, 6) is 0. The summed E-state index contributed by atoms with van der Waals surface area (Å²) in [5.41, 5.74) is 16.1. The highest BCUT2D eigenvalue weighted by Crippen LogP contribution is 2.64. The van der Waals surface area contributed by atoms with Gasteiger partial charge in [-0.1, -0.05) is 11.8 Å². The smallest absolute Gasteiger partial charge is 0.269 e. The summed E-state index contributed by atoms with van der Waals surface area (Å²) in [6, 6.07) is 22.2. The van der Waals surface area contributed by atoms with Gasteiger partial charge in [0.25, 0.3) is 22.7 Å². The van der Waals surface area contributed by atoms with Gasteiger partial charge in [-0.05, 0) is 70.8 Å². The molecule has 15 heteroatoms. The van der Waals surface area contributed by atoms with Gasteiger partial charge >= 0.3 is 0 Å². The molecular weight excluding hydrogens is 580 g/mol. The van der Waals surface area contributed by atoms with Crippen LogP contribution in [0.1, 0.15) is 22.3 Å². The molecule has 0 saturated carbocycles. The van der Waals surface area contributed by atoms with Gasteiger partial charge in [0.1, 0.15) is 9.74 Å². The van der Waals surface area contributed by atoms with Crippen LogP contribution < -0.4 is 11.5 Å². The number of hydrogen-bond acceptors (Lipinski definition) is 11. The Balaban J connectivity index is 1.84. The van der Waals surface area contributed by atoms with Crippen LogP contribution in [0.15, 0.2) is 97.1 Å². The Hall–Kier alpha value is -5.51. The SMILES string of the molecule is NC1(c2ccc([N+](=O)[O-])cc2)SC(N)(c2ccc([N+](=O)[O-])cc2)C(c2ccc([N+](=O)[O-])cc2)=C1c1ccc([N+](=O)[O-])cc1. The highest BCUT2D eigenvalue weighted by molar-refractivity contribution is 8.02. The van der Waals surface area contributed by atoms with Gasteiger partial charge in [-0.2, -0.15) is 0 Å². The van der Waals surface area contributed by atoms with Crippen molar-refractivity contribution in [1.29, 1.82) is 0 Å². The Bertz CT molecular complexity index is 1680. The van der Waals surface area contributed by atoms with Gasteiger partial charge in [0, 0.05) is 59.7 Å². The van der Waals surface area contributed by atoms with E-state index in [1.54, 1.807) is 0 Å². The fourth-order valence-corrected chi connectivity index (χ4v) is 6.67. The minimum absolute atomic E-state index is 0.179. The molecule has 2 unspecified atom stereocenters. The van der Waals surface area contributed by atoms with E-state index in [1.807, 2.05) is 0 Å².